The Morgan fingerprint density at radius 3 is 3.04 bits per heavy atom. The molecule has 1 aromatic heterocycles. The molecule has 1 aromatic carbocycles. The highest BCUT2D eigenvalue weighted by atomic mass is 16.5. The van der Waals surface area contributed by atoms with Crippen LogP contribution in [-0.2, 0) is 11.3 Å². The fourth-order valence-corrected chi connectivity index (χ4v) is 2.57. The maximum Gasteiger partial charge on any atom is 0.250 e. The summed E-state index contributed by atoms with van der Waals surface area (Å²) in [4.78, 5) is 16.6. The summed E-state index contributed by atoms with van der Waals surface area (Å²) in [5.41, 5.74) is 2.21. The molecule has 2 heterocycles. The first kappa shape index (κ1) is 16.8. The van der Waals surface area contributed by atoms with E-state index in [9.17, 15) is 4.79 Å². The first-order valence-corrected chi connectivity index (χ1v) is 8.07. The molecule has 1 N–H and O–H groups in total. The van der Waals surface area contributed by atoms with E-state index in [-0.39, 0.29) is 12.5 Å². The fourth-order valence-electron chi connectivity index (χ4n) is 2.57. The van der Waals surface area contributed by atoms with Crippen molar-refractivity contribution < 1.29 is 19.0 Å². The number of nitrogens with one attached hydrogen (secondary N) is 1. The van der Waals surface area contributed by atoms with Crippen molar-refractivity contribution in [3.8, 4) is 17.4 Å². The van der Waals surface area contributed by atoms with Gasteiger partial charge in [0.15, 0.2) is 0 Å². The Kier molecular flexibility index (Phi) is 5.18. The summed E-state index contributed by atoms with van der Waals surface area (Å²) < 4.78 is 16.3. The highest BCUT2D eigenvalue weighted by Crippen LogP contribution is 2.30. The van der Waals surface area contributed by atoms with Gasteiger partial charge in [-0.15, -0.1) is 0 Å². The summed E-state index contributed by atoms with van der Waals surface area (Å²) in [5.74, 6) is 1.82. The lowest BCUT2D eigenvalue weighted by Crippen LogP contribution is -2.28. The lowest BCUT2D eigenvalue weighted by molar-refractivity contribution is -0.117. The van der Waals surface area contributed by atoms with Gasteiger partial charge in [-0.2, -0.15) is 0 Å². The molecule has 0 atom stereocenters. The van der Waals surface area contributed by atoms with Crippen LogP contribution < -0.4 is 19.5 Å². The molecule has 130 valence electrons. The van der Waals surface area contributed by atoms with Gasteiger partial charge in [0.25, 0.3) is 5.91 Å². The molecule has 0 saturated carbocycles. The molecule has 0 radical (unpaired) electrons. The maximum absolute atomic E-state index is 12.4. The number of carbonyl (C=O) groups excluding carboxylic acids is 1. The molecule has 6 nitrogen and oxygen atoms in total. The highest BCUT2D eigenvalue weighted by molar-refractivity contribution is 5.99. The van der Waals surface area contributed by atoms with Crippen LogP contribution in [0.2, 0.25) is 0 Å². The smallest absolute Gasteiger partial charge is 0.250 e. The third kappa shape index (κ3) is 3.91. The summed E-state index contributed by atoms with van der Waals surface area (Å²) in [5, 5.41) is 2.88. The molecule has 1 amide bonds. The number of ether oxygens (including phenoxy) is 3. The molecule has 25 heavy (non-hydrogen) atoms. The Hall–Kier alpha value is -3.02. The lowest BCUT2D eigenvalue weighted by Gasteiger charge is -2.18. The van der Waals surface area contributed by atoms with Crippen molar-refractivity contribution in [1.29, 1.82) is 0 Å². The molecule has 1 aliphatic rings. The van der Waals surface area contributed by atoms with Gasteiger partial charge >= 0.3 is 0 Å². The van der Waals surface area contributed by atoms with Gasteiger partial charge in [0.2, 0.25) is 5.88 Å². The van der Waals surface area contributed by atoms with Crippen molar-refractivity contribution in [2.75, 3.05) is 20.3 Å². The summed E-state index contributed by atoms with van der Waals surface area (Å²) in [6.45, 7) is 3.08. The van der Waals surface area contributed by atoms with E-state index in [1.165, 1.54) is 0 Å². The van der Waals surface area contributed by atoms with Gasteiger partial charge in [-0.1, -0.05) is 6.07 Å². The Labute approximate surface area is 146 Å². The van der Waals surface area contributed by atoms with Crippen LogP contribution in [0.25, 0.3) is 6.08 Å². The lowest BCUT2D eigenvalue weighted by atomic mass is 10.1. The second-order valence-electron chi connectivity index (χ2n) is 5.45. The molecule has 0 bridgehead atoms. The molecule has 0 unspecified atom stereocenters. The summed E-state index contributed by atoms with van der Waals surface area (Å²) in [6.07, 6.45) is 3.48. The number of benzene rings is 1. The SMILES string of the molecule is CCOc1ccc2c(c1)C=C(C(=O)NCc1cccnc1OC)CO2. The minimum absolute atomic E-state index is 0.182. The number of hydrogen-bond donors (Lipinski definition) is 1. The standard InChI is InChI=1S/C19H20N2O4/c1-3-24-16-6-7-17-14(10-16)9-15(12-25-17)18(22)21-11-13-5-4-8-20-19(13)23-2/h4-10H,3,11-12H2,1-2H3,(H,21,22). The van der Waals surface area contributed by atoms with Crippen LogP contribution in [0.4, 0.5) is 0 Å². The number of aromatic nitrogens is 1. The van der Waals surface area contributed by atoms with Gasteiger partial charge in [0, 0.05) is 23.9 Å². The number of methoxy groups -OCH3 is 1. The summed E-state index contributed by atoms with van der Waals surface area (Å²) in [6, 6.07) is 9.25. The van der Waals surface area contributed by atoms with Gasteiger partial charge < -0.3 is 19.5 Å². The Morgan fingerprint density at radius 2 is 2.24 bits per heavy atom. The third-order valence-corrected chi connectivity index (χ3v) is 3.78. The van der Waals surface area contributed by atoms with Crippen LogP contribution in [0.1, 0.15) is 18.1 Å². The third-order valence-electron chi connectivity index (χ3n) is 3.78. The monoisotopic (exact) mass is 340 g/mol. The number of amides is 1. The summed E-state index contributed by atoms with van der Waals surface area (Å²) >= 11 is 0. The van der Waals surface area contributed by atoms with Crippen molar-refractivity contribution in [1.82, 2.24) is 10.3 Å². The molecular formula is C19H20N2O4. The zero-order valence-electron chi connectivity index (χ0n) is 14.2. The largest absolute Gasteiger partial charge is 0.494 e. The van der Waals surface area contributed by atoms with Crippen molar-refractivity contribution in [2.45, 2.75) is 13.5 Å². The van der Waals surface area contributed by atoms with Crippen LogP contribution in [0.3, 0.4) is 0 Å². The van der Waals surface area contributed by atoms with Crippen LogP contribution >= 0.6 is 0 Å². The van der Waals surface area contributed by atoms with Crippen molar-refractivity contribution >= 4 is 12.0 Å². The van der Waals surface area contributed by atoms with Crippen LogP contribution in [0.15, 0.2) is 42.1 Å². The van der Waals surface area contributed by atoms with E-state index in [2.05, 4.69) is 10.3 Å². The van der Waals surface area contributed by atoms with Crippen molar-refractivity contribution in [2.24, 2.45) is 0 Å². The number of nitrogens with zero attached hydrogens (tertiary/aromatic N) is 1. The highest BCUT2D eigenvalue weighted by Gasteiger charge is 2.18. The van der Waals surface area contributed by atoms with Gasteiger partial charge in [-0.3, -0.25) is 4.79 Å². The maximum atomic E-state index is 12.4. The molecule has 1 aliphatic heterocycles. The second kappa shape index (κ2) is 7.70. The fraction of sp³-hybridized carbons (Fsp3) is 0.263. The minimum Gasteiger partial charge on any atom is -0.494 e. The molecular weight excluding hydrogens is 320 g/mol. The van der Waals surface area contributed by atoms with Gasteiger partial charge in [0.1, 0.15) is 18.1 Å². The average Bonchev–Trinajstić information content (AvgIpc) is 2.66. The number of fused-ring (bicyclic) bond motifs is 1. The first-order valence-electron chi connectivity index (χ1n) is 8.07. The van der Waals surface area contributed by atoms with Crippen LogP contribution in [-0.4, -0.2) is 31.2 Å². The molecule has 3 rings (SSSR count). The number of rotatable bonds is 6. The van der Waals surface area contributed by atoms with E-state index >= 15 is 0 Å². The van der Waals surface area contributed by atoms with Crippen LogP contribution in [0, 0.1) is 0 Å². The average molecular weight is 340 g/mol. The molecule has 0 saturated heterocycles. The predicted octanol–water partition coefficient (Wildman–Crippen LogP) is 2.58. The van der Waals surface area contributed by atoms with Crippen molar-refractivity contribution in [3.05, 3.63) is 53.2 Å². The van der Waals surface area contributed by atoms with E-state index in [1.807, 2.05) is 37.3 Å². The van der Waals surface area contributed by atoms with Crippen molar-refractivity contribution in [3.63, 3.8) is 0 Å². The number of hydrogen-bond acceptors (Lipinski definition) is 5. The number of pyridine rings is 1. The Balaban J connectivity index is 1.71. The Bertz CT molecular complexity index is 802. The van der Waals surface area contributed by atoms with E-state index < -0.39 is 0 Å². The Morgan fingerprint density at radius 1 is 1.36 bits per heavy atom. The van der Waals surface area contributed by atoms with E-state index in [4.69, 9.17) is 14.2 Å². The van der Waals surface area contributed by atoms with Gasteiger partial charge in [-0.05, 0) is 37.3 Å². The van der Waals surface area contributed by atoms with Crippen LogP contribution in [0.5, 0.6) is 17.4 Å². The number of carbonyl (C=O) groups is 1. The van der Waals surface area contributed by atoms with Gasteiger partial charge in [0.05, 0.1) is 19.3 Å². The minimum atomic E-state index is -0.182. The molecule has 0 spiro atoms. The second-order valence-corrected chi connectivity index (χ2v) is 5.45. The van der Waals surface area contributed by atoms with E-state index in [1.54, 1.807) is 19.4 Å². The zero-order valence-corrected chi connectivity index (χ0v) is 14.2. The van der Waals surface area contributed by atoms with E-state index in [0.717, 1.165) is 22.6 Å². The van der Waals surface area contributed by atoms with E-state index in [0.29, 0.717) is 24.6 Å². The zero-order chi connectivity index (χ0) is 17.6. The molecule has 0 fully saturated rings. The topological polar surface area (TPSA) is 69.7 Å². The predicted molar refractivity (Wildman–Crippen MR) is 93.7 cm³/mol. The summed E-state index contributed by atoms with van der Waals surface area (Å²) in [7, 11) is 1.55. The normalized spacial score (nSPS) is 12.5. The molecule has 0 aliphatic carbocycles. The first-order chi connectivity index (χ1) is 12.2. The quantitative estimate of drug-likeness (QED) is 0.875. The molecule has 2 aromatic rings. The molecule has 6 heteroatoms. The van der Waals surface area contributed by atoms with Gasteiger partial charge in [-0.25, -0.2) is 4.98 Å².